The number of nitrogens with two attached hydrogens (primary N) is 1. The molecule has 0 saturated carbocycles. The minimum atomic E-state index is -0.457. The summed E-state index contributed by atoms with van der Waals surface area (Å²) in [5, 5.41) is 4.98. The van der Waals surface area contributed by atoms with Crippen LogP contribution in [0.3, 0.4) is 0 Å². The summed E-state index contributed by atoms with van der Waals surface area (Å²) >= 11 is 1.43. The molecule has 0 spiro atoms. The normalized spacial score (nSPS) is 13.4. The van der Waals surface area contributed by atoms with E-state index in [2.05, 4.69) is 34.3 Å². The van der Waals surface area contributed by atoms with E-state index in [0.29, 0.717) is 30.2 Å². The van der Waals surface area contributed by atoms with Crippen molar-refractivity contribution in [1.82, 2.24) is 9.80 Å². The van der Waals surface area contributed by atoms with Gasteiger partial charge in [0.05, 0.1) is 16.3 Å². The molecule has 1 saturated heterocycles. The van der Waals surface area contributed by atoms with Gasteiger partial charge in [0.2, 0.25) is 0 Å². The number of carbonyl (C=O) groups excluding carboxylic acids is 2. The summed E-state index contributed by atoms with van der Waals surface area (Å²) < 4.78 is 14.0. The average Bonchev–Trinajstić information content (AvgIpc) is 3.64. The molecular weight excluding hydrogens is 610 g/mol. The van der Waals surface area contributed by atoms with Crippen molar-refractivity contribution in [2.75, 3.05) is 43.4 Å². The Kier molecular flexibility index (Phi) is 10.1. The largest absolute Gasteiger partial charge is 0.367 e. The van der Waals surface area contributed by atoms with Gasteiger partial charge in [0.15, 0.2) is 0 Å². The Morgan fingerprint density at radius 3 is 2.23 bits per heavy atom. The molecule has 9 heteroatoms. The fourth-order valence-corrected chi connectivity index (χ4v) is 6.55. The van der Waals surface area contributed by atoms with Crippen molar-refractivity contribution in [2.45, 2.75) is 19.6 Å². The molecule has 0 unspecified atom stereocenters. The lowest BCUT2D eigenvalue weighted by atomic mass is 10.0. The lowest BCUT2D eigenvalue weighted by Crippen LogP contribution is -2.44. The summed E-state index contributed by atoms with van der Waals surface area (Å²) in [5.74, 6) is -0.851. The molecule has 0 radical (unpaired) electrons. The number of carbonyl (C=O) groups is 2. The molecule has 47 heavy (non-hydrogen) atoms. The average molecular weight is 648 g/mol. The van der Waals surface area contributed by atoms with Gasteiger partial charge in [0.1, 0.15) is 5.82 Å². The molecule has 2 heterocycles. The first-order chi connectivity index (χ1) is 22.9. The molecule has 0 aliphatic carbocycles. The summed E-state index contributed by atoms with van der Waals surface area (Å²) in [6, 6.07) is 31.7. The van der Waals surface area contributed by atoms with E-state index in [-0.39, 0.29) is 17.4 Å². The van der Waals surface area contributed by atoms with Crippen molar-refractivity contribution in [2.24, 2.45) is 5.73 Å². The minimum absolute atomic E-state index is 0.0255. The number of halogens is 1. The lowest BCUT2D eigenvalue weighted by Gasteiger charge is -2.35. The fraction of sp³-hybridized carbons (Fsp3) is 0.211. The maximum absolute atomic E-state index is 14.0. The van der Waals surface area contributed by atoms with Crippen molar-refractivity contribution in [3.8, 4) is 11.1 Å². The molecule has 4 aromatic carbocycles. The first kappa shape index (κ1) is 32.1. The van der Waals surface area contributed by atoms with Gasteiger partial charge >= 0.3 is 0 Å². The molecule has 1 fully saturated rings. The van der Waals surface area contributed by atoms with Gasteiger partial charge in [-0.25, -0.2) is 4.39 Å². The number of likely N-dealkylation sites (N-methyl/N-ethyl adjacent to an activating group) is 1. The number of thiophene rings is 1. The molecule has 5 aromatic rings. The van der Waals surface area contributed by atoms with E-state index in [1.54, 1.807) is 6.07 Å². The van der Waals surface area contributed by atoms with E-state index in [0.717, 1.165) is 59.7 Å². The van der Waals surface area contributed by atoms with Crippen LogP contribution in [0.4, 0.5) is 15.8 Å². The van der Waals surface area contributed by atoms with Crippen LogP contribution in [-0.2, 0) is 19.6 Å². The maximum atomic E-state index is 14.0. The van der Waals surface area contributed by atoms with E-state index in [4.69, 9.17) is 5.73 Å². The van der Waals surface area contributed by atoms with Gasteiger partial charge in [-0.15, -0.1) is 11.3 Å². The second-order valence-corrected chi connectivity index (χ2v) is 12.8. The van der Waals surface area contributed by atoms with Gasteiger partial charge in [0.25, 0.3) is 11.8 Å². The quantitative estimate of drug-likeness (QED) is 0.173. The van der Waals surface area contributed by atoms with Crippen molar-refractivity contribution >= 4 is 34.5 Å². The zero-order valence-electron chi connectivity index (χ0n) is 26.4. The van der Waals surface area contributed by atoms with Crippen molar-refractivity contribution in [3.63, 3.8) is 0 Å². The van der Waals surface area contributed by atoms with Crippen LogP contribution in [0, 0.1) is 5.82 Å². The summed E-state index contributed by atoms with van der Waals surface area (Å²) in [4.78, 5) is 34.0. The minimum Gasteiger partial charge on any atom is -0.367 e. The summed E-state index contributed by atoms with van der Waals surface area (Å²) in [7, 11) is 2.10. The zero-order valence-corrected chi connectivity index (χ0v) is 27.2. The number of amides is 2. The smallest absolute Gasteiger partial charge is 0.264 e. The lowest BCUT2D eigenvalue weighted by molar-refractivity contribution is 0.0734. The van der Waals surface area contributed by atoms with Gasteiger partial charge in [0, 0.05) is 51.4 Å². The summed E-state index contributed by atoms with van der Waals surface area (Å²) in [6.07, 6.45) is 0. The molecule has 2 amide bonds. The Morgan fingerprint density at radius 2 is 1.51 bits per heavy atom. The van der Waals surface area contributed by atoms with Gasteiger partial charge in [-0.05, 0) is 82.7 Å². The molecule has 6 rings (SSSR count). The zero-order chi connectivity index (χ0) is 32.8. The standard InChI is InChI=1S/C38H38FN5O2S/c1-42-15-17-43(18-16-42)35-14-13-31(23-34(35)41-37(45)32-10-4-11-33(39)22-32)30-9-3-8-29(21-30)26-44(38(46)36-12-5-19-47-36)25-28-7-2-6-27(20-28)24-40/h2-14,19-23H,15-18,24-26,40H2,1H3,(H,41,45). The Hall–Kier alpha value is -4.83. The maximum Gasteiger partial charge on any atom is 0.264 e. The molecule has 1 aliphatic heterocycles. The first-order valence-electron chi connectivity index (χ1n) is 15.7. The molecule has 1 aromatic heterocycles. The van der Waals surface area contributed by atoms with E-state index < -0.39 is 5.82 Å². The second kappa shape index (κ2) is 14.7. The van der Waals surface area contributed by atoms with Crippen LogP contribution in [0.1, 0.15) is 36.7 Å². The Morgan fingerprint density at radius 1 is 0.809 bits per heavy atom. The van der Waals surface area contributed by atoms with E-state index >= 15 is 0 Å². The van der Waals surface area contributed by atoms with Crippen LogP contribution < -0.4 is 16.0 Å². The van der Waals surface area contributed by atoms with E-state index in [9.17, 15) is 14.0 Å². The summed E-state index contributed by atoms with van der Waals surface area (Å²) in [6.45, 7) is 4.79. The predicted molar refractivity (Wildman–Crippen MR) is 188 cm³/mol. The highest BCUT2D eigenvalue weighted by molar-refractivity contribution is 7.12. The molecule has 0 bridgehead atoms. The van der Waals surface area contributed by atoms with Crippen LogP contribution in [0.2, 0.25) is 0 Å². The first-order valence-corrected chi connectivity index (χ1v) is 16.6. The van der Waals surface area contributed by atoms with Crippen molar-refractivity contribution < 1.29 is 14.0 Å². The number of benzene rings is 4. The topological polar surface area (TPSA) is 81.9 Å². The van der Waals surface area contributed by atoms with Crippen LogP contribution in [-0.4, -0.2) is 54.8 Å². The fourth-order valence-electron chi connectivity index (χ4n) is 5.86. The van der Waals surface area contributed by atoms with Crippen LogP contribution in [0.25, 0.3) is 11.1 Å². The summed E-state index contributed by atoms with van der Waals surface area (Å²) in [5.41, 5.74) is 12.6. The van der Waals surface area contributed by atoms with Crippen molar-refractivity contribution in [3.05, 3.63) is 141 Å². The monoisotopic (exact) mass is 647 g/mol. The molecular formula is C38H38FN5O2S. The molecule has 0 atom stereocenters. The number of nitrogens with one attached hydrogen (secondary N) is 1. The van der Waals surface area contributed by atoms with Crippen molar-refractivity contribution in [1.29, 1.82) is 0 Å². The Bertz CT molecular complexity index is 1850. The highest BCUT2D eigenvalue weighted by Gasteiger charge is 2.21. The highest BCUT2D eigenvalue weighted by atomic mass is 32.1. The number of hydrogen-bond donors (Lipinski definition) is 2. The highest BCUT2D eigenvalue weighted by Crippen LogP contribution is 2.33. The molecule has 240 valence electrons. The van der Waals surface area contributed by atoms with Gasteiger partial charge < -0.3 is 25.8 Å². The number of nitrogens with zero attached hydrogens (tertiary/aromatic N) is 3. The Balaban J connectivity index is 1.30. The number of rotatable bonds is 10. The molecule has 1 aliphatic rings. The number of anilines is 2. The molecule has 7 nitrogen and oxygen atoms in total. The number of piperazine rings is 1. The third kappa shape index (κ3) is 7.94. The predicted octanol–water partition coefficient (Wildman–Crippen LogP) is 6.86. The van der Waals surface area contributed by atoms with Crippen LogP contribution in [0.5, 0.6) is 0 Å². The second-order valence-electron chi connectivity index (χ2n) is 11.8. The van der Waals surface area contributed by atoms with Gasteiger partial charge in [-0.2, -0.15) is 0 Å². The Labute approximate surface area is 279 Å². The van der Waals surface area contributed by atoms with Crippen LogP contribution in [0.15, 0.2) is 109 Å². The van der Waals surface area contributed by atoms with Gasteiger partial charge in [-0.3, -0.25) is 9.59 Å². The van der Waals surface area contributed by atoms with E-state index in [1.807, 2.05) is 77.0 Å². The van der Waals surface area contributed by atoms with Crippen LogP contribution >= 0.6 is 11.3 Å². The third-order valence-electron chi connectivity index (χ3n) is 8.43. The third-order valence-corrected chi connectivity index (χ3v) is 9.29. The van der Waals surface area contributed by atoms with E-state index in [1.165, 1.54) is 29.5 Å². The number of hydrogen-bond acceptors (Lipinski definition) is 6. The SMILES string of the molecule is CN1CCN(c2ccc(-c3cccc(CN(Cc4cccc(CN)c4)C(=O)c4cccs4)c3)cc2NC(=O)c2cccc(F)c2)CC1. The van der Waals surface area contributed by atoms with Gasteiger partial charge in [-0.1, -0.05) is 60.7 Å². The molecule has 3 N–H and O–H groups in total.